The van der Waals surface area contributed by atoms with Gasteiger partial charge < -0.3 is 4.90 Å². The van der Waals surface area contributed by atoms with Crippen LogP contribution in [0.2, 0.25) is 10.2 Å². The highest BCUT2D eigenvalue weighted by Crippen LogP contribution is 2.38. The summed E-state index contributed by atoms with van der Waals surface area (Å²) in [5, 5.41) is 1.37. The molecule has 2 nitrogen and oxygen atoms in total. The van der Waals surface area contributed by atoms with Crippen LogP contribution in [-0.4, -0.2) is 30.0 Å². The second kappa shape index (κ2) is 6.51. The lowest BCUT2D eigenvalue weighted by Gasteiger charge is -2.27. The summed E-state index contributed by atoms with van der Waals surface area (Å²) in [6.45, 7) is 2.19. The summed E-state index contributed by atoms with van der Waals surface area (Å²) in [7, 11) is 2.19. The normalized spacial score (nSPS) is 18.1. The van der Waals surface area contributed by atoms with E-state index in [9.17, 15) is 0 Å². The van der Waals surface area contributed by atoms with Gasteiger partial charge >= 0.3 is 0 Å². The maximum atomic E-state index is 6.26. The van der Waals surface area contributed by atoms with E-state index in [1.807, 2.05) is 12.1 Å². The van der Waals surface area contributed by atoms with Crippen molar-refractivity contribution in [1.29, 1.82) is 0 Å². The Hall–Kier alpha value is -1.35. The monoisotopic (exact) mass is 358 g/mol. The summed E-state index contributed by atoms with van der Waals surface area (Å²) in [6, 6.07) is 10.3. The number of halogens is 2. The Balaban J connectivity index is 1.96. The van der Waals surface area contributed by atoms with Gasteiger partial charge in [-0.2, -0.15) is 0 Å². The first-order chi connectivity index (χ1) is 11.6. The molecule has 0 spiro atoms. The topological polar surface area (TPSA) is 16.1 Å². The van der Waals surface area contributed by atoms with Gasteiger partial charge in [0, 0.05) is 23.7 Å². The fraction of sp³-hybridized carbons (Fsp3) is 0.350. The molecule has 1 aromatic heterocycles. The number of aromatic nitrogens is 1. The third-order valence-corrected chi connectivity index (χ3v) is 5.57. The number of fused-ring (bicyclic) bond motifs is 2. The third-order valence-electron chi connectivity index (χ3n) is 5.13. The van der Waals surface area contributed by atoms with Gasteiger partial charge in [-0.15, -0.1) is 0 Å². The second-order valence-corrected chi connectivity index (χ2v) is 7.55. The first kappa shape index (κ1) is 16.1. The van der Waals surface area contributed by atoms with Crippen LogP contribution in [0.25, 0.3) is 5.57 Å². The maximum absolute atomic E-state index is 6.26. The summed E-state index contributed by atoms with van der Waals surface area (Å²) in [4.78, 5) is 7.12. The number of rotatable bonds is 0. The molecule has 2 aliphatic rings. The molecule has 0 unspecified atom stereocenters. The first-order valence-corrected chi connectivity index (χ1v) is 9.22. The average Bonchev–Trinajstić information content (AvgIpc) is 2.72. The lowest BCUT2D eigenvalue weighted by atomic mass is 9.89. The second-order valence-electron chi connectivity index (χ2n) is 6.73. The van der Waals surface area contributed by atoms with Crippen molar-refractivity contribution in [3.63, 3.8) is 0 Å². The number of aryl methyl sites for hydroxylation is 2. The zero-order valence-corrected chi connectivity index (χ0v) is 15.3. The molecule has 0 radical (unpaired) electrons. The number of benzene rings is 1. The van der Waals surface area contributed by atoms with Crippen molar-refractivity contribution in [1.82, 2.24) is 9.88 Å². The molecule has 0 amide bonds. The van der Waals surface area contributed by atoms with E-state index in [0.29, 0.717) is 5.15 Å². The predicted octanol–water partition coefficient (Wildman–Crippen LogP) is 5.01. The molecular formula is C20H20Cl2N2. The molecule has 2 heterocycles. The molecule has 0 N–H and O–H groups in total. The predicted molar refractivity (Wildman–Crippen MR) is 101 cm³/mol. The smallest absolute Gasteiger partial charge is 0.129 e. The van der Waals surface area contributed by atoms with Gasteiger partial charge in [0.15, 0.2) is 0 Å². The Morgan fingerprint density at radius 3 is 2.46 bits per heavy atom. The van der Waals surface area contributed by atoms with Crippen molar-refractivity contribution >= 4 is 28.8 Å². The van der Waals surface area contributed by atoms with Crippen molar-refractivity contribution in [2.45, 2.75) is 25.7 Å². The van der Waals surface area contributed by atoms with Gasteiger partial charge in [-0.3, -0.25) is 0 Å². The zero-order chi connectivity index (χ0) is 16.7. The number of nitrogens with zero attached hydrogens (tertiary/aromatic N) is 2. The lowest BCUT2D eigenvalue weighted by molar-refractivity contribution is 0.313. The van der Waals surface area contributed by atoms with Gasteiger partial charge in [-0.05, 0) is 67.6 Å². The molecule has 4 heteroatoms. The molecule has 0 bridgehead atoms. The first-order valence-electron chi connectivity index (χ1n) is 8.47. The molecular weight excluding hydrogens is 339 g/mol. The summed E-state index contributed by atoms with van der Waals surface area (Å²) < 4.78 is 0. The Labute approximate surface area is 153 Å². The summed E-state index contributed by atoms with van der Waals surface area (Å²) in [5.74, 6) is 0. The molecule has 4 rings (SSSR count). The van der Waals surface area contributed by atoms with Crippen LogP contribution < -0.4 is 0 Å². The highest BCUT2D eigenvalue weighted by atomic mass is 35.5. The van der Waals surface area contributed by atoms with Crippen LogP contribution >= 0.6 is 23.2 Å². The van der Waals surface area contributed by atoms with Crippen molar-refractivity contribution in [3.05, 3.63) is 68.5 Å². The minimum absolute atomic E-state index is 0.567. The molecule has 1 aromatic carbocycles. The van der Waals surface area contributed by atoms with Gasteiger partial charge in [-0.25, -0.2) is 4.98 Å². The van der Waals surface area contributed by atoms with E-state index in [0.717, 1.165) is 49.5 Å². The molecule has 124 valence electrons. The lowest BCUT2D eigenvalue weighted by Crippen LogP contribution is -2.27. The molecule has 0 atom stereocenters. The molecule has 24 heavy (non-hydrogen) atoms. The molecule has 1 fully saturated rings. The zero-order valence-electron chi connectivity index (χ0n) is 13.8. The van der Waals surface area contributed by atoms with Crippen LogP contribution in [0.5, 0.6) is 0 Å². The van der Waals surface area contributed by atoms with E-state index >= 15 is 0 Å². The standard InChI is InChI=1S/C20H20Cl2N2/c1-24-10-8-13(9-11-24)19-17-6-5-16(21)12-15(17)3-2-14-4-7-18(22)23-20(14)19/h4-7,12H,2-3,8-11H2,1H3. The van der Waals surface area contributed by atoms with Crippen molar-refractivity contribution in [2.24, 2.45) is 0 Å². The van der Waals surface area contributed by atoms with Crippen molar-refractivity contribution in [3.8, 4) is 0 Å². The number of hydrogen-bond acceptors (Lipinski definition) is 2. The van der Waals surface area contributed by atoms with Gasteiger partial charge in [0.05, 0.1) is 5.69 Å². The van der Waals surface area contributed by atoms with Gasteiger partial charge in [-0.1, -0.05) is 40.9 Å². The Kier molecular flexibility index (Phi) is 4.38. The van der Waals surface area contributed by atoms with Gasteiger partial charge in [0.2, 0.25) is 0 Å². The number of piperidine rings is 1. The van der Waals surface area contributed by atoms with E-state index < -0.39 is 0 Å². The minimum atomic E-state index is 0.567. The number of likely N-dealkylation sites (tertiary alicyclic amines) is 1. The van der Waals surface area contributed by atoms with Crippen LogP contribution in [-0.2, 0) is 12.8 Å². The SMILES string of the molecule is CN1CCC(=C2c3ccc(Cl)cc3CCc3ccc(Cl)nc32)CC1. The molecule has 1 saturated heterocycles. The summed E-state index contributed by atoms with van der Waals surface area (Å²) in [5.41, 5.74) is 7.75. The van der Waals surface area contributed by atoms with Gasteiger partial charge in [0.25, 0.3) is 0 Å². The number of hydrogen-bond donors (Lipinski definition) is 0. The van der Waals surface area contributed by atoms with E-state index in [1.54, 1.807) is 0 Å². The van der Waals surface area contributed by atoms with E-state index in [1.165, 1.54) is 27.8 Å². The molecule has 0 saturated carbocycles. The largest absolute Gasteiger partial charge is 0.306 e. The highest BCUT2D eigenvalue weighted by Gasteiger charge is 2.24. The van der Waals surface area contributed by atoms with Crippen LogP contribution in [0.3, 0.4) is 0 Å². The fourth-order valence-electron chi connectivity index (χ4n) is 3.79. The Bertz CT molecular complexity index is 816. The minimum Gasteiger partial charge on any atom is -0.306 e. The van der Waals surface area contributed by atoms with E-state index in [2.05, 4.69) is 30.1 Å². The van der Waals surface area contributed by atoms with Gasteiger partial charge in [0.1, 0.15) is 5.15 Å². The molecule has 2 aromatic rings. The van der Waals surface area contributed by atoms with Crippen LogP contribution in [0.15, 0.2) is 35.9 Å². The number of pyridine rings is 1. The average molecular weight is 359 g/mol. The van der Waals surface area contributed by atoms with E-state index in [-0.39, 0.29) is 0 Å². The van der Waals surface area contributed by atoms with Crippen LogP contribution in [0.1, 0.15) is 35.2 Å². The third kappa shape index (κ3) is 2.99. The Morgan fingerprint density at radius 1 is 0.917 bits per heavy atom. The summed E-state index contributed by atoms with van der Waals surface area (Å²) in [6.07, 6.45) is 4.13. The van der Waals surface area contributed by atoms with E-state index in [4.69, 9.17) is 28.2 Å². The molecule has 1 aliphatic carbocycles. The summed E-state index contributed by atoms with van der Waals surface area (Å²) >= 11 is 12.5. The quantitative estimate of drug-likeness (QED) is 0.615. The van der Waals surface area contributed by atoms with Crippen LogP contribution in [0.4, 0.5) is 0 Å². The Morgan fingerprint density at radius 2 is 1.67 bits per heavy atom. The molecule has 1 aliphatic heterocycles. The maximum Gasteiger partial charge on any atom is 0.129 e. The van der Waals surface area contributed by atoms with Crippen molar-refractivity contribution in [2.75, 3.05) is 20.1 Å². The fourth-order valence-corrected chi connectivity index (χ4v) is 4.13. The highest BCUT2D eigenvalue weighted by molar-refractivity contribution is 6.30. The van der Waals surface area contributed by atoms with Crippen LogP contribution in [0, 0.1) is 0 Å². The van der Waals surface area contributed by atoms with Crippen molar-refractivity contribution < 1.29 is 0 Å².